The lowest BCUT2D eigenvalue weighted by molar-refractivity contribution is -0.384. The fourth-order valence-corrected chi connectivity index (χ4v) is 1.83. The number of aliphatic hydroxyl groups is 1. The van der Waals surface area contributed by atoms with E-state index in [0.29, 0.717) is 11.5 Å². The highest BCUT2D eigenvalue weighted by Gasteiger charge is 2.29. The molecule has 1 fully saturated rings. The minimum atomic E-state index is -0.483. The van der Waals surface area contributed by atoms with Gasteiger partial charge in [0.05, 0.1) is 11.0 Å². The minimum absolute atomic E-state index is 0.0169. The Hall–Kier alpha value is -2.21. The van der Waals surface area contributed by atoms with Crippen molar-refractivity contribution in [1.82, 2.24) is 5.32 Å². The Morgan fingerprint density at radius 2 is 2.30 bits per heavy atom. The third kappa shape index (κ3) is 4.17. The molecule has 1 unspecified atom stereocenters. The summed E-state index contributed by atoms with van der Waals surface area (Å²) in [4.78, 5) is 21.7. The molecule has 1 saturated carbocycles. The number of non-ortho nitro benzene ring substituents is 1. The van der Waals surface area contributed by atoms with E-state index in [-0.39, 0.29) is 18.1 Å². The second kappa shape index (κ2) is 6.29. The average molecular weight is 276 g/mol. The number of hydrogen-bond donors (Lipinski definition) is 2. The van der Waals surface area contributed by atoms with E-state index in [1.807, 2.05) is 0 Å². The van der Waals surface area contributed by atoms with Crippen LogP contribution in [0.4, 0.5) is 5.69 Å². The lowest BCUT2D eigenvalue weighted by Gasteiger charge is -2.08. The highest BCUT2D eigenvalue weighted by molar-refractivity contribution is 5.91. The van der Waals surface area contributed by atoms with Crippen LogP contribution >= 0.6 is 0 Å². The van der Waals surface area contributed by atoms with Gasteiger partial charge in [0.2, 0.25) is 5.91 Å². The van der Waals surface area contributed by atoms with Gasteiger partial charge in [-0.1, -0.05) is 12.1 Å². The summed E-state index contributed by atoms with van der Waals surface area (Å²) in [7, 11) is 0. The van der Waals surface area contributed by atoms with Crippen molar-refractivity contribution in [1.29, 1.82) is 0 Å². The molecular formula is C14H16N2O4. The van der Waals surface area contributed by atoms with Crippen molar-refractivity contribution in [3.63, 3.8) is 0 Å². The summed E-state index contributed by atoms with van der Waals surface area (Å²) in [5.74, 6) is -0.00717. The van der Waals surface area contributed by atoms with Gasteiger partial charge in [0, 0.05) is 24.8 Å². The van der Waals surface area contributed by atoms with Gasteiger partial charge in [0.25, 0.3) is 5.69 Å². The van der Waals surface area contributed by atoms with Crippen LogP contribution in [0.5, 0.6) is 0 Å². The zero-order chi connectivity index (χ0) is 14.5. The molecule has 6 heteroatoms. The van der Waals surface area contributed by atoms with E-state index in [4.69, 9.17) is 0 Å². The molecule has 106 valence electrons. The Morgan fingerprint density at radius 3 is 2.95 bits per heavy atom. The van der Waals surface area contributed by atoms with E-state index >= 15 is 0 Å². The van der Waals surface area contributed by atoms with Crippen LogP contribution in [0.2, 0.25) is 0 Å². The summed E-state index contributed by atoms with van der Waals surface area (Å²) in [5.41, 5.74) is 0.564. The molecule has 2 N–H and O–H groups in total. The second-order valence-electron chi connectivity index (χ2n) is 4.84. The minimum Gasteiger partial charge on any atom is -0.391 e. The number of hydrogen-bond acceptors (Lipinski definition) is 4. The van der Waals surface area contributed by atoms with Gasteiger partial charge >= 0.3 is 0 Å². The van der Waals surface area contributed by atoms with E-state index < -0.39 is 11.0 Å². The summed E-state index contributed by atoms with van der Waals surface area (Å²) in [6, 6.07) is 6.02. The van der Waals surface area contributed by atoms with Crippen LogP contribution in [0, 0.1) is 16.0 Å². The van der Waals surface area contributed by atoms with Gasteiger partial charge in [-0.2, -0.15) is 0 Å². The fraction of sp³-hybridized carbons (Fsp3) is 0.357. The number of carbonyl (C=O) groups is 1. The standard InChI is InChI=1S/C14H16N2O4/c17-13(11-5-6-11)9-15-14(18)7-4-10-2-1-3-12(8-10)16(19)20/h1-4,7-8,11,13,17H,5-6,9H2,(H,15,18). The van der Waals surface area contributed by atoms with Crippen molar-refractivity contribution in [3.8, 4) is 0 Å². The number of carbonyl (C=O) groups excluding carboxylic acids is 1. The van der Waals surface area contributed by atoms with E-state index in [0.717, 1.165) is 12.8 Å². The maximum atomic E-state index is 11.5. The first-order chi connectivity index (χ1) is 9.56. The van der Waals surface area contributed by atoms with Crippen molar-refractivity contribution in [3.05, 3.63) is 46.0 Å². The highest BCUT2D eigenvalue weighted by atomic mass is 16.6. The molecule has 2 rings (SSSR count). The summed E-state index contributed by atoms with van der Waals surface area (Å²) in [5, 5.41) is 22.8. The smallest absolute Gasteiger partial charge is 0.270 e. The number of nitro groups is 1. The van der Waals surface area contributed by atoms with Crippen molar-refractivity contribution in [2.24, 2.45) is 5.92 Å². The Bertz CT molecular complexity index is 538. The first kappa shape index (κ1) is 14.2. The lowest BCUT2D eigenvalue weighted by atomic mass is 10.2. The van der Waals surface area contributed by atoms with E-state index in [1.54, 1.807) is 12.1 Å². The second-order valence-corrected chi connectivity index (χ2v) is 4.84. The molecule has 1 aliphatic rings. The van der Waals surface area contributed by atoms with Crippen LogP contribution in [-0.4, -0.2) is 28.6 Å². The van der Waals surface area contributed by atoms with E-state index in [2.05, 4.69) is 5.32 Å². The number of amides is 1. The number of benzene rings is 1. The van der Waals surface area contributed by atoms with Crippen molar-refractivity contribution in [2.45, 2.75) is 18.9 Å². The topological polar surface area (TPSA) is 92.5 Å². The van der Waals surface area contributed by atoms with Crippen LogP contribution in [-0.2, 0) is 4.79 Å². The number of rotatable bonds is 6. The van der Waals surface area contributed by atoms with Crippen LogP contribution in [0.1, 0.15) is 18.4 Å². The number of nitrogens with one attached hydrogen (secondary N) is 1. The predicted molar refractivity (Wildman–Crippen MR) is 73.9 cm³/mol. The van der Waals surface area contributed by atoms with Crippen LogP contribution in [0.25, 0.3) is 6.08 Å². The maximum Gasteiger partial charge on any atom is 0.270 e. The third-order valence-corrected chi connectivity index (χ3v) is 3.16. The van der Waals surface area contributed by atoms with Gasteiger partial charge in [0.1, 0.15) is 0 Å². The SMILES string of the molecule is O=C(C=Cc1cccc([N+](=O)[O-])c1)NCC(O)C1CC1. The van der Waals surface area contributed by atoms with Crippen molar-refractivity contribution >= 4 is 17.7 Å². The molecule has 0 radical (unpaired) electrons. The molecule has 1 aromatic rings. The Kier molecular flexibility index (Phi) is 4.47. The maximum absolute atomic E-state index is 11.5. The zero-order valence-corrected chi connectivity index (χ0v) is 10.9. The van der Waals surface area contributed by atoms with Crippen molar-refractivity contribution in [2.75, 3.05) is 6.54 Å². The average Bonchev–Trinajstić information content (AvgIpc) is 3.27. The molecular weight excluding hydrogens is 260 g/mol. The quantitative estimate of drug-likeness (QED) is 0.468. The van der Waals surface area contributed by atoms with Gasteiger partial charge in [-0.05, 0) is 30.4 Å². The zero-order valence-electron chi connectivity index (χ0n) is 10.9. The summed E-state index contributed by atoms with van der Waals surface area (Å²) in [6.07, 6.45) is 4.36. The molecule has 1 aliphatic carbocycles. The summed E-state index contributed by atoms with van der Waals surface area (Å²) < 4.78 is 0. The van der Waals surface area contributed by atoms with Gasteiger partial charge in [-0.15, -0.1) is 0 Å². The third-order valence-electron chi connectivity index (χ3n) is 3.16. The molecule has 1 aromatic carbocycles. The van der Waals surface area contributed by atoms with Crippen molar-refractivity contribution < 1.29 is 14.8 Å². The number of nitrogens with zero attached hydrogens (tertiary/aromatic N) is 1. The largest absolute Gasteiger partial charge is 0.391 e. The lowest BCUT2D eigenvalue weighted by Crippen LogP contribution is -2.31. The van der Waals surface area contributed by atoms with Crippen LogP contribution in [0.3, 0.4) is 0 Å². The highest BCUT2D eigenvalue weighted by Crippen LogP contribution is 2.32. The van der Waals surface area contributed by atoms with Gasteiger partial charge < -0.3 is 10.4 Å². The summed E-state index contributed by atoms with van der Waals surface area (Å²) in [6.45, 7) is 0.239. The van der Waals surface area contributed by atoms with Gasteiger partial charge in [-0.25, -0.2) is 0 Å². The molecule has 0 aliphatic heterocycles. The molecule has 6 nitrogen and oxygen atoms in total. The van der Waals surface area contributed by atoms with E-state index in [9.17, 15) is 20.0 Å². The van der Waals surface area contributed by atoms with Gasteiger partial charge in [0.15, 0.2) is 0 Å². The molecule has 1 amide bonds. The Labute approximate surface area is 116 Å². The van der Waals surface area contributed by atoms with Gasteiger partial charge in [-0.3, -0.25) is 14.9 Å². The number of aliphatic hydroxyl groups excluding tert-OH is 1. The van der Waals surface area contributed by atoms with Crippen LogP contribution in [0.15, 0.2) is 30.3 Å². The fourth-order valence-electron chi connectivity index (χ4n) is 1.83. The molecule has 0 spiro atoms. The monoisotopic (exact) mass is 276 g/mol. The molecule has 0 aromatic heterocycles. The first-order valence-corrected chi connectivity index (χ1v) is 6.44. The first-order valence-electron chi connectivity index (χ1n) is 6.44. The normalized spacial score (nSPS) is 16.1. The van der Waals surface area contributed by atoms with Crippen LogP contribution < -0.4 is 5.32 Å². The molecule has 0 saturated heterocycles. The molecule has 20 heavy (non-hydrogen) atoms. The molecule has 1 atom stereocenters. The predicted octanol–water partition coefficient (Wildman–Crippen LogP) is 1.50. The van der Waals surface area contributed by atoms with E-state index in [1.165, 1.54) is 24.3 Å². The molecule has 0 heterocycles. The Balaban J connectivity index is 1.86. The number of nitro benzene ring substituents is 1. The summed E-state index contributed by atoms with van der Waals surface area (Å²) >= 11 is 0. The molecule has 0 bridgehead atoms. The Morgan fingerprint density at radius 1 is 1.55 bits per heavy atom.